The lowest BCUT2D eigenvalue weighted by Gasteiger charge is -2.29. The van der Waals surface area contributed by atoms with Gasteiger partial charge in [0.2, 0.25) is 0 Å². The first-order valence-corrected chi connectivity index (χ1v) is 9.12. The molecule has 1 fully saturated rings. The molecular weight excluding hydrogens is 408 g/mol. The molecular formula is C17H13BrN2O2S2. The van der Waals surface area contributed by atoms with E-state index in [-0.39, 0.29) is 10.7 Å². The van der Waals surface area contributed by atoms with Crippen LogP contribution in [-0.2, 0) is 9.59 Å². The monoisotopic (exact) mass is 420 g/mol. The van der Waals surface area contributed by atoms with Crippen LogP contribution in [0.4, 0.5) is 5.69 Å². The topological polar surface area (TPSA) is 49.4 Å². The number of nitrogens with one attached hydrogen (secondary N) is 1. The number of thiocarbonyl (C=S) groups is 1. The lowest BCUT2D eigenvalue weighted by molar-refractivity contribution is -0.122. The van der Waals surface area contributed by atoms with Crippen molar-refractivity contribution < 1.29 is 9.59 Å². The molecule has 0 unspecified atom stereocenters. The maximum absolute atomic E-state index is 12.9. The van der Waals surface area contributed by atoms with Gasteiger partial charge >= 0.3 is 0 Å². The first-order valence-electron chi connectivity index (χ1n) is 7.10. The molecule has 4 nitrogen and oxygen atoms in total. The molecule has 3 rings (SSSR count). The first kappa shape index (κ1) is 17.0. The van der Waals surface area contributed by atoms with Crippen LogP contribution in [0.3, 0.4) is 0 Å². The third-order valence-electron chi connectivity index (χ3n) is 3.45. The number of hydrogen-bond acceptors (Lipinski definition) is 4. The van der Waals surface area contributed by atoms with E-state index in [0.29, 0.717) is 5.69 Å². The number of carbonyl (C=O) groups is 2. The van der Waals surface area contributed by atoms with Crippen molar-refractivity contribution in [3.05, 3.63) is 55.7 Å². The van der Waals surface area contributed by atoms with E-state index in [1.54, 1.807) is 6.08 Å². The van der Waals surface area contributed by atoms with Gasteiger partial charge in [-0.2, -0.15) is 0 Å². The Labute approximate surface area is 157 Å². The molecule has 1 aliphatic heterocycles. The number of hydrogen-bond donors (Lipinski definition) is 1. The Hall–Kier alpha value is -1.83. The number of halogens is 1. The summed E-state index contributed by atoms with van der Waals surface area (Å²) < 4.78 is 0.930. The van der Waals surface area contributed by atoms with Crippen LogP contribution in [0, 0.1) is 13.8 Å². The summed E-state index contributed by atoms with van der Waals surface area (Å²) in [6.45, 7) is 3.90. The Balaban J connectivity index is 2.04. The Bertz CT molecular complexity index is 881. The van der Waals surface area contributed by atoms with Crippen LogP contribution in [0.15, 0.2) is 39.7 Å². The van der Waals surface area contributed by atoms with Crippen molar-refractivity contribution in [1.82, 2.24) is 5.32 Å². The number of amides is 2. The van der Waals surface area contributed by atoms with Crippen molar-refractivity contribution in [2.24, 2.45) is 0 Å². The number of aryl methyl sites for hydroxylation is 2. The highest BCUT2D eigenvalue weighted by atomic mass is 79.9. The summed E-state index contributed by atoms with van der Waals surface area (Å²) in [6, 6.07) is 9.46. The van der Waals surface area contributed by atoms with E-state index in [9.17, 15) is 9.59 Å². The molecule has 1 N–H and O–H groups in total. The predicted octanol–water partition coefficient (Wildman–Crippen LogP) is 3.96. The molecule has 1 saturated heterocycles. The van der Waals surface area contributed by atoms with Gasteiger partial charge in [-0.1, -0.05) is 6.07 Å². The van der Waals surface area contributed by atoms with Crippen LogP contribution in [-0.4, -0.2) is 16.9 Å². The van der Waals surface area contributed by atoms with Crippen molar-refractivity contribution in [2.75, 3.05) is 4.90 Å². The second-order valence-electron chi connectivity index (χ2n) is 5.45. The minimum absolute atomic E-state index is 0.0668. The lowest BCUT2D eigenvalue weighted by atomic mass is 10.1. The fraction of sp³-hybridized carbons (Fsp3) is 0.118. The van der Waals surface area contributed by atoms with Crippen LogP contribution in [0.25, 0.3) is 6.08 Å². The molecule has 2 amide bonds. The average Bonchev–Trinajstić information content (AvgIpc) is 2.87. The van der Waals surface area contributed by atoms with Crippen LogP contribution in [0.5, 0.6) is 0 Å². The standard InChI is InChI=1S/C17H13BrN2O2S2/c1-9-5-10(2)7-11(6-9)20-16(22)13(15(21)19-17(20)23)8-12-3-4-14(18)24-12/h3-8H,1-2H3,(H,19,21,23)/b13-8+. The van der Waals surface area contributed by atoms with Gasteiger partial charge in [0.05, 0.1) is 9.47 Å². The van der Waals surface area contributed by atoms with Crippen LogP contribution < -0.4 is 10.2 Å². The van der Waals surface area contributed by atoms with Gasteiger partial charge in [0, 0.05) is 4.88 Å². The van der Waals surface area contributed by atoms with Gasteiger partial charge in [0.1, 0.15) is 5.57 Å². The second kappa shape index (κ2) is 6.58. The van der Waals surface area contributed by atoms with Crippen LogP contribution in [0.1, 0.15) is 16.0 Å². The molecule has 0 radical (unpaired) electrons. The molecule has 122 valence electrons. The summed E-state index contributed by atoms with van der Waals surface area (Å²) in [6.07, 6.45) is 1.59. The zero-order valence-electron chi connectivity index (χ0n) is 12.9. The van der Waals surface area contributed by atoms with Crippen molar-refractivity contribution in [1.29, 1.82) is 0 Å². The summed E-state index contributed by atoms with van der Waals surface area (Å²) in [7, 11) is 0. The molecule has 1 aliphatic rings. The molecule has 0 aliphatic carbocycles. The molecule has 0 spiro atoms. The Kier molecular flexibility index (Phi) is 4.67. The quantitative estimate of drug-likeness (QED) is 0.454. The summed E-state index contributed by atoms with van der Waals surface area (Å²) in [4.78, 5) is 27.3. The van der Waals surface area contributed by atoms with E-state index in [1.807, 2.05) is 44.2 Å². The average molecular weight is 421 g/mol. The SMILES string of the molecule is Cc1cc(C)cc(N2C(=O)/C(=C/c3ccc(Br)s3)C(=O)NC2=S)c1. The first-order chi connectivity index (χ1) is 11.3. The van der Waals surface area contributed by atoms with E-state index in [1.165, 1.54) is 16.2 Å². The summed E-state index contributed by atoms with van der Waals surface area (Å²) in [5, 5.41) is 2.69. The summed E-state index contributed by atoms with van der Waals surface area (Å²) >= 11 is 10.0. The lowest BCUT2D eigenvalue weighted by Crippen LogP contribution is -2.54. The zero-order valence-corrected chi connectivity index (χ0v) is 16.1. The molecule has 1 aromatic carbocycles. The molecule has 0 saturated carbocycles. The van der Waals surface area contributed by atoms with E-state index < -0.39 is 11.8 Å². The maximum atomic E-state index is 12.9. The van der Waals surface area contributed by atoms with Gasteiger partial charge in [-0.15, -0.1) is 11.3 Å². The van der Waals surface area contributed by atoms with Crippen LogP contribution >= 0.6 is 39.5 Å². The van der Waals surface area contributed by atoms with Crippen molar-refractivity contribution >= 4 is 68.2 Å². The van der Waals surface area contributed by atoms with Crippen molar-refractivity contribution in [3.8, 4) is 0 Å². The largest absolute Gasteiger partial charge is 0.298 e. The molecule has 24 heavy (non-hydrogen) atoms. The Morgan fingerprint density at radius 1 is 1.17 bits per heavy atom. The van der Waals surface area contributed by atoms with Gasteiger partial charge in [-0.05, 0) is 83.5 Å². The highest BCUT2D eigenvalue weighted by Gasteiger charge is 2.34. The third kappa shape index (κ3) is 3.33. The Morgan fingerprint density at radius 2 is 1.83 bits per heavy atom. The molecule has 7 heteroatoms. The number of carbonyl (C=O) groups excluding carboxylic acids is 2. The molecule has 0 bridgehead atoms. The number of benzene rings is 1. The Morgan fingerprint density at radius 3 is 2.42 bits per heavy atom. The highest BCUT2D eigenvalue weighted by molar-refractivity contribution is 9.11. The third-order valence-corrected chi connectivity index (χ3v) is 5.30. The molecule has 2 heterocycles. The fourth-order valence-electron chi connectivity index (χ4n) is 2.52. The van der Waals surface area contributed by atoms with E-state index >= 15 is 0 Å². The predicted molar refractivity (Wildman–Crippen MR) is 104 cm³/mol. The van der Waals surface area contributed by atoms with E-state index in [2.05, 4.69) is 21.2 Å². The maximum Gasteiger partial charge on any atom is 0.270 e. The van der Waals surface area contributed by atoms with E-state index in [4.69, 9.17) is 12.2 Å². The van der Waals surface area contributed by atoms with Gasteiger partial charge in [0.15, 0.2) is 5.11 Å². The van der Waals surface area contributed by atoms with Gasteiger partial charge in [0.25, 0.3) is 11.8 Å². The highest BCUT2D eigenvalue weighted by Crippen LogP contribution is 2.27. The summed E-state index contributed by atoms with van der Waals surface area (Å²) in [5.74, 6) is -0.895. The zero-order chi connectivity index (χ0) is 17.4. The smallest absolute Gasteiger partial charge is 0.270 e. The van der Waals surface area contributed by atoms with Crippen LogP contribution in [0.2, 0.25) is 0 Å². The van der Waals surface area contributed by atoms with E-state index in [0.717, 1.165) is 19.8 Å². The van der Waals surface area contributed by atoms with Gasteiger partial charge in [-0.25, -0.2) is 0 Å². The number of rotatable bonds is 2. The minimum atomic E-state index is -0.477. The minimum Gasteiger partial charge on any atom is -0.298 e. The normalized spacial score (nSPS) is 16.7. The molecule has 0 atom stereocenters. The molecule has 1 aromatic heterocycles. The van der Waals surface area contributed by atoms with Crippen molar-refractivity contribution in [3.63, 3.8) is 0 Å². The van der Waals surface area contributed by atoms with Gasteiger partial charge in [-0.3, -0.25) is 19.8 Å². The summed E-state index contributed by atoms with van der Waals surface area (Å²) in [5.41, 5.74) is 2.76. The molecule has 2 aromatic rings. The number of anilines is 1. The second-order valence-corrected chi connectivity index (χ2v) is 8.33. The fourth-order valence-corrected chi connectivity index (χ4v) is 4.17. The van der Waals surface area contributed by atoms with Gasteiger partial charge < -0.3 is 0 Å². The van der Waals surface area contributed by atoms with Crippen molar-refractivity contribution in [2.45, 2.75) is 13.8 Å². The number of thiophene rings is 1. The number of nitrogens with zero attached hydrogens (tertiary/aromatic N) is 1.